The molecule has 8 heteroatoms. The van der Waals surface area contributed by atoms with Crippen molar-refractivity contribution in [2.75, 3.05) is 0 Å². The van der Waals surface area contributed by atoms with Gasteiger partial charge in [0.15, 0.2) is 0 Å². The fourth-order valence-corrected chi connectivity index (χ4v) is 4.34. The number of pyridine rings is 1. The summed E-state index contributed by atoms with van der Waals surface area (Å²) in [7, 11) is 0. The molecule has 158 valence electrons. The molecule has 2 amide bonds. The highest BCUT2D eigenvalue weighted by atomic mass is 35.5. The summed E-state index contributed by atoms with van der Waals surface area (Å²) in [5.41, 5.74) is 6.76. The second kappa shape index (κ2) is 8.43. The van der Waals surface area contributed by atoms with Crippen molar-refractivity contribution in [3.63, 3.8) is 0 Å². The molecule has 2 N–H and O–H groups in total. The molecule has 0 saturated carbocycles. The molecule has 0 radical (unpaired) electrons. The average molecular weight is 442 g/mol. The largest absolute Gasteiger partial charge is 0.368 e. The van der Waals surface area contributed by atoms with Crippen LogP contribution in [0.5, 0.6) is 0 Å². The van der Waals surface area contributed by atoms with Crippen LogP contribution in [0.2, 0.25) is 5.02 Å². The lowest BCUT2D eigenvalue weighted by molar-refractivity contribution is -0.123. The van der Waals surface area contributed by atoms with Crippen molar-refractivity contribution in [2.24, 2.45) is 5.73 Å². The van der Waals surface area contributed by atoms with Crippen LogP contribution in [0.25, 0.3) is 0 Å². The summed E-state index contributed by atoms with van der Waals surface area (Å²) in [5, 5.41) is 0.165. The SMILES string of the molecule is NC(=O)C(c1cccnc1)N(C(=O)c1ccccc1F)[C@@H]1CCc2c(F)cc(Cl)cc21. The predicted octanol–water partition coefficient (Wildman–Crippen LogP) is 4.37. The van der Waals surface area contributed by atoms with Gasteiger partial charge < -0.3 is 10.6 Å². The van der Waals surface area contributed by atoms with Crippen LogP contribution < -0.4 is 5.73 Å². The lowest BCUT2D eigenvalue weighted by atomic mass is 9.98. The van der Waals surface area contributed by atoms with Crippen molar-refractivity contribution in [1.29, 1.82) is 0 Å². The van der Waals surface area contributed by atoms with E-state index in [0.29, 0.717) is 29.5 Å². The first kappa shape index (κ1) is 20.9. The molecule has 2 aromatic carbocycles. The van der Waals surface area contributed by atoms with E-state index in [1.807, 2.05) is 0 Å². The fourth-order valence-electron chi connectivity index (χ4n) is 4.12. The van der Waals surface area contributed by atoms with Gasteiger partial charge >= 0.3 is 0 Å². The molecule has 4 rings (SSSR count). The second-order valence-corrected chi connectivity index (χ2v) is 7.73. The highest BCUT2D eigenvalue weighted by Gasteiger charge is 2.41. The van der Waals surface area contributed by atoms with Crippen molar-refractivity contribution in [1.82, 2.24) is 9.88 Å². The molecule has 1 unspecified atom stereocenters. The van der Waals surface area contributed by atoms with Gasteiger partial charge in [0.1, 0.15) is 17.7 Å². The number of nitrogens with two attached hydrogens (primary N) is 1. The Morgan fingerprint density at radius 1 is 1.13 bits per heavy atom. The quantitative estimate of drug-likeness (QED) is 0.638. The van der Waals surface area contributed by atoms with E-state index in [-0.39, 0.29) is 10.6 Å². The van der Waals surface area contributed by atoms with Crippen molar-refractivity contribution in [3.05, 3.63) is 99.8 Å². The maximum absolute atomic E-state index is 14.5. The van der Waals surface area contributed by atoms with Gasteiger partial charge in [0.2, 0.25) is 5.91 Å². The van der Waals surface area contributed by atoms with Crippen LogP contribution in [0.3, 0.4) is 0 Å². The maximum atomic E-state index is 14.5. The molecule has 1 aliphatic carbocycles. The summed E-state index contributed by atoms with van der Waals surface area (Å²) < 4.78 is 29.0. The molecule has 31 heavy (non-hydrogen) atoms. The van der Waals surface area contributed by atoms with Gasteiger partial charge in [-0.2, -0.15) is 0 Å². The third-order valence-corrected chi connectivity index (χ3v) is 5.66. The molecule has 1 heterocycles. The van der Waals surface area contributed by atoms with Gasteiger partial charge in [0, 0.05) is 23.0 Å². The van der Waals surface area contributed by atoms with Gasteiger partial charge in [-0.25, -0.2) is 8.78 Å². The maximum Gasteiger partial charge on any atom is 0.258 e. The Labute approximate surface area is 182 Å². The molecular weight excluding hydrogens is 424 g/mol. The average Bonchev–Trinajstić information content (AvgIpc) is 3.16. The molecule has 0 saturated heterocycles. The molecule has 5 nitrogen and oxygen atoms in total. The first-order chi connectivity index (χ1) is 14.9. The van der Waals surface area contributed by atoms with Crippen molar-refractivity contribution < 1.29 is 18.4 Å². The summed E-state index contributed by atoms with van der Waals surface area (Å²) in [6.07, 6.45) is 3.61. The number of fused-ring (bicyclic) bond motifs is 1. The Hall–Kier alpha value is -3.32. The minimum Gasteiger partial charge on any atom is -0.368 e. The first-order valence-electron chi connectivity index (χ1n) is 9.62. The molecule has 0 aliphatic heterocycles. The van der Waals surface area contributed by atoms with Crippen LogP contribution in [0.4, 0.5) is 8.78 Å². The normalized spacial score (nSPS) is 15.9. The van der Waals surface area contributed by atoms with Gasteiger partial charge in [-0.3, -0.25) is 14.6 Å². The number of hydrogen-bond acceptors (Lipinski definition) is 3. The van der Waals surface area contributed by atoms with E-state index in [1.165, 1.54) is 41.6 Å². The molecule has 2 atom stereocenters. The summed E-state index contributed by atoms with van der Waals surface area (Å²) in [6.45, 7) is 0. The Balaban J connectivity index is 1.90. The van der Waals surface area contributed by atoms with Crippen LogP contribution in [-0.4, -0.2) is 21.7 Å². The zero-order chi connectivity index (χ0) is 22.1. The molecule has 0 fully saturated rings. The number of primary amides is 1. The molecule has 0 bridgehead atoms. The van der Waals surface area contributed by atoms with Crippen molar-refractivity contribution >= 4 is 23.4 Å². The fraction of sp³-hybridized carbons (Fsp3) is 0.174. The third-order valence-electron chi connectivity index (χ3n) is 5.44. The molecular formula is C23H18ClF2N3O2. The topological polar surface area (TPSA) is 76.3 Å². The summed E-state index contributed by atoms with van der Waals surface area (Å²) in [5.74, 6) is -2.76. The van der Waals surface area contributed by atoms with Crippen molar-refractivity contribution in [3.8, 4) is 0 Å². The first-order valence-corrected chi connectivity index (χ1v) is 10.0. The number of hydrogen-bond donors (Lipinski definition) is 1. The Bertz CT molecular complexity index is 1160. The monoisotopic (exact) mass is 441 g/mol. The number of nitrogens with zero attached hydrogens (tertiary/aromatic N) is 2. The highest BCUT2D eigenvalue weighted by molar-refractivity contribution is 6.30. The summed E-state index contributed by atoms with van der Waals surface area (Å²) in [6, 6.07) is 9.51. The van der Waals surface area contributed by atoms with E-state index in [1.54, 1.807) is 18.2 Å². The van der Waals surface area contributed by atoms with E-state index in [4.69, 9.17) is 17.3 Å². The second-order valence-electron chi connectivity index (χ2n) is 7.29. The van der Waals surface area contributed by atoms with E-state index in [0.717, 1.165) is 6.07 Å². The van der Waals surface area contributed by atoms with Gasteiger partial charge in [-0.05, 0) is 54.3 Å². The number of rotatable bonds is 5. The molecule has 1 aromatic heterocycles. The Kier molecular flexibility index (Phi) is 5.69. The number of halogens is 3. The smallest absolute Gasteiger partial charge is 0.258 e. The third kappa shape index (κ3) is 3.88. The Morgan fingerprint density at radius 2 is 1.90 bits per heavy atom. The standard InChI is InChI=1S/C23H18ClF2N3O2/c24-14-10-17-15(19(26)11-14)7-8-20(17)29(23(31)16-5-1-2-6-18(16)25)21(22(27)30)13-4-3-9-28-12-13/h1-6,9-12,20-21H,7-8H2,(H2,27,30)/t20-,21?/m1/s1. The van der Waals surface area contributed by atoms with Gasteiger partial charge in [-0.15, -0.1) is 0 Å². The zero-order valence-corrected chi connectivity index (χ0v) is 17.0. The number of carbonyl (C=O) groups is 2. The van der Waals surface area contributed by atoms with Crippen LogP contribution in [0, 0.1) is 11.6 Å². The van der Waals surface area contributed by atoms with Crippen LogP contribution in [0.1, 0.15) is 45.6 Å². The van der Waals surface area contributed by atoms with E-state index in [9.17, 15) is 18.4 Å². The number of amides is 2. The minimum absolute atomic E-state index is 0.165. The lowest BCUT2D eigenvalue weighted by Crippen LogP contribution is -2.43. The van der Waals surface area contributed by atoms with Gasteiger partial charge in [0.25, 0.3) is 5.91 Å². The summed E-state index contributed by atoms with van der Waals surface area (Å²) in [4.78, 5) is 31.4. The predicted molar refractivity (Wildman–Crippen MR) is 111 cm³/mol. The van der Waals surface area contributed by atoms with Crippen LogP contribution in [-0.2, 0) is 11.2 Å². The number of benzene rings is 2. The Morgan fingerprint density at radius 3 is 2.58 bits per heavy atom. The number of carbonyl (C=O) groups excluding carboxylic acids is 2. The highest BCUT2D eigenvalue weighted by Crippen LogP contribution is 2.43. The van der Waals surface area contributed by atoms with Gasteiger partial charge in [-0.1, -0.05) is 29.8 Å². The van der Waals surface area contributed by atoms with E-state index in [2.05, 4.69) is 4.98 Å². The minimum atomic E-state index is -1.24. The van der Waals surface area contributed by atoms with Crippen LogP contribution >= 0.6 is 11.6 Å². The lowest BCUT2D eigenvalue weighted by Gasteiger charge is -2.35. The number of aromatic nitrogens is 1. The zero-order valence-electron chi connectivity index (χ0n) is 16.3. The molecule has 3 aromatic rings. The molecule has 0 spiro atoms. The van der Waals surface area contributed by atoms with E-state index >= 15 is 0 Å². The summed E-state index contributed by atoms with van der Waals surface area (Å²) >= 11 is 6.07. The van der Waals surface area contributed by atoms with E-state index < -0.39 is 35.5 Å². The molecule has 1 aliphatic rings. The van der Waals surface area contributed by atoms with Crippen molar-refractivity contribution in [2.45, 2.75) is 24.9 Å². The van der Waals surface area contributed by atoms with Crippen LogP contribution in [0.15, 0.2) is 60.9 Å². The van der Waals surface area contributed by atoms with Gasteiger partial charge in [0.05, 0.1) is 11.6 Å².